The molecule has 2 saturated heterocycles. The van der Waals surface area contributed by atoms with E-state index in [-0.39, 0.29) is 12.4 Å². The molecular weight excluding hydrogens is 362 g/mol. The van der Waals surface area contributed by atoms with E-state index < -0.39 is 29.0 Å². The predicted octanol–water partition coefficient (Wildman–Crippen LogP) is 2.39. The number of hydrogen-bond donors (Lipinski definition) is 1. The van der Waals surface area contributed by atoms with Gasteiger partial charge in [-0.15, -0.1) is 12.4 Å². The summed E-state index contributed by atoms with van der Waals surface area (Å²) in [5.74, 6) is -2.17. The number of alkyl halides is 3. The molecule has 2 fully saturated rings. The lowest BCUT2D eigenvalue weighted by atomic mass is 10.1. The molecule has 4 nitrogen and oxygen atoms in total. The van der Waals surface area contributed by atoms with Crippen molar-refractivity contribution in [2.24, 2.45) is 0 Å². The van der Waals surface area contributed by atoms with Crippen LogP contribution >= 0.6 is 12.4 Å². The zero-order valence-corrected chi connectivity index (χ0v) is 14.3. The van der Waals surface area contributed by atoms with Gasteiger partial charge in [0.05, 0.1) is 11.1 Å². The summed E-state index contributed by atoms with van der Waals surface area (Å²) >= 11 is 0. The van der Waals surface area contributed by atoms with Crippen molar-refractivity contribution in [3.05, 3.63) is 35.1 Å². The lowest BCUT2D eigenvalue weighted by molar-refractivity contribution is -0.140. The molecule has 0 bridgehead atoms. The second-order valence-electron chi connectivity index (χ2n) is 6.14. The Kier molecular flexibility index (Phi) is 6.29. The molecule has 140 valence electrons. The number of benzene rings is 1. The van der Waals surface area contributed by atoms with Crippen molar-refractivity contribution < 1.29 is 22.4 Å². The fourth-order valence-corrected chi connectivity index (χ4v) is 3.33. The van der Waals surface area contributed by atoms with Gasteiger partial charge in [0.25, 0.3) is 5.91 Å². The lowest BCUT2D eigenvalue weighted by Crippen LogP contribution is -2.52. The van der Waals surface area contributed by atoms with E-state index >= 15 is 0 Å². The molecule has 25 heavy (non-hydrogen) atoms. The third kappa shape index (κ3) is 4.24. The second-order valence-corrected chi connectivity index (χ2v) is 6.14. The van der Waals surface area contributed by atoms with E-state index in [0.29, 0.717) is 38.3 Å². The summed E-state index contributed by atoms with van der Waals surface area (Å²) in [5, 5.41) is 3.28. The standard InChI is InChI=1S/C16H19F4N3O.ClH/c17-14-12(2-1-3-13(14)16(18,19)20)15(24)23-8-6-22(7-9-23)11-4-5-21-10-11;/h1-3,11,21H,4-10H2;1H. The van der Waals surface area contributed by atoms with Gasteiger partial charge in [-0.1, -0.05) is 6.07 Å². The van der Waals surface area contributed by atoms with Crippen LogP contribution in [0.15, 0.2) is 18.2 Å². The zero-order chi connectivity index (χ0) is 17.3. The Bertz CT molecular complexity index is 612. The number of carbonyl (C=O) groups excluding carboxylic acids is 1. The van der Waals surface area contributed by atoms with Crippen LogP contribution in [-0.2, 0) is 6.18 Å². The summed E-state index contributed by atoms with van der Waals surface area (Å²) in [6, 6.07) is 3.27. The molecule has 0 aromatic heterocycles. The summed E-state index contributed by atoms with van der Waals surface area (Å²) in [4.78, 5) is 16.1. The minimum Gasteiger partial charge on any atom is -0.336 e. The third-order valence-corrected chi connectivity index (χ3v) is 4.69. The molecule has 2 aliphatic rings. The average molecular weight is 382 g/mol. The minimum atomic E-state index is -4.81. The number of piperazine rings is 1. The van der Waals surface area contributed by atoms with Crippen LogP contribution in [-0.4, -0.2) is 61.0 Å². The largest absolute Gasteiger partial charge is 0.419 e. The fourth-order valence-electron chi connectivity index (χ4n) is 3.33. The van der Waals surface area contributed by atoms with Crippen LogP contribution in [0.1, 0.15) is 22.3 Å². The first-order chi connectivity index (χ1) is 11.4. The molecule has 1 aromatic carbocycles. The Morgan fingerprint density at radius 1 is 1.16 bits per heavy atom. The quantitative estimate of drug-likeness (QED) is 0.799. The Labute approximate surface area is 149 Å². The Morgan fingerprint density at radius 3 is 2.40 bits per heavy atom. The van der Waals surface area contributed by atoms with E-state index in [9.17, 15) is 22.4 Å². The fraction of sp³-hybridized carbons (Fsp3) is 0.562. The van der Waals surface area contributed by atoms with Gasteiger partial charge in [-0.3, -0.25) is 9.69 Å². The van der Waals surface area contributed by atoms with E-state index in [2.05, 4.69) is 10.2 Å². The number of amides is 1. The molecule has 3 rings (SSSR count). The predicted molar refractivity (Wildman–Crippen MR) is 87.4 cm³/mol. The molecular formula is C16H20ClF4N3O. The Balaban J connectivity index is 0.00000225. The first kappa shape index (κ1) is 19.9. The molecule has 2 aliphatic heterocycles. The van der Waals surface area contributed by atoms with Crippen LogP contribution in [0.4, 0.5) is 17.6 Å². The van der Waals surface area contributed by atoms with Crippen molar-refractivity contribution in [2.45, 2.75) is 18.6 Å². The molecule has 1 atom stereocenters. The van der Waals surface area contributed by atoms with Crippen molar-refractivity contribution in [3.63, 3.8) is 0 Å². The van der Waals surface area contributed by atoms with Crippen molar-refractivity contribution in [1.82, 2.24) is 15.1 Å². The van der Waals surface area contributed by atoms with E-state index in [4.69, 9.17) is 0 Å². The summed E-state index contributed by atoms with van der Waals surface area (Å²) < 4.78 is 52.5. The molecule has 0 saturated carbocycles. The maximum Gasteiger partial charge on any atom is 0.419 e. The van der Waals surface area contributed by atoms with Gasteiger partial charge >= 0.3 is 6.18 Å². The van der Waals surface area contributed by atoms with E-state index in [1.54, 1.807) is 0 Å². The summed E-state index contributed by atoms with van der Waals surface area (Å²) in [6.45, 7) is 3.98. The molecule has 1 amide bonds. The summed E-state index contributed by atoms with van der Waals surface area (Å²) in [6.07, 6.45) is -3.76. The van der Waals surface area contributed by atoms with E-state index in [1.165, 1.54) is 4.90 Å². The SMILES string of the molecule is Cl.O=C(c1cccc(C(F)(F)F)c1F)N1CCN(C2CCNC2)CC1. The second kappa shape index (κ2) is 7.88. The Hall–Kier alpha value is -1.38. The van der Waals surface area contributed by atoms with E-state index in [0.717, 1.165) is 31.6 Å². The Morgan fingerprint density at radius 2 is 1.84 bits per heavy atom. The molecule has 1 unspecified atom stereocenters. The van der Waals surface area contributed by atoms with Crippen molar-refractivity contribution in [1.29, 1.82) is 0 Å². The molecule has 0 spiro atoms. The minimum absolute atomic E-state index is 0. The smallest absolute Gasteiger partial charge is 0.336 e. The molecule has 1 N–H and O–H groups in total. The van der Waals surface area contributed by atoms with Crippen LogP contribution in [0.25, 0.3) is 0 Å². The number of halogens is 5. The zero-order valence-electron chi connectivity index (χ0n) is 13.5. The van der Waals surface area contributed by atoms with Gasteiger partial charge in [-0.05, 0) is 25.1 Å². The molecule has 9 heteroatoms. The molecule has 0 radical (unpaired) electrons. The van der Waals surface area contributed by atoms with Gasteiger partial charge in [-0.2, -0.15) is 13.2 Å². The molecule has 0 aliphatic carbocycles. The lowest BCUT2D eigenvalue weighted by Gasteiger charge is -2.37. The summed E-state index contributed by atoms with van der Waals surface area (Å²) in [5.41, 5.74) is -1.91. The van der Waals surface area contributed by atoms with Crippen LogP contribution < -0.4 is 5.32 Å². The topological polar surface area (TPSA) is 35.6 Å². The number of hydrogen-bond acceptors (Lipinski definition) is 3. The number of rotatable bonds is 2. The van der Waals surface area contributed by atoms with Crippen molar-refractivity contribution >= 4 is 18.3 Å². The highest BCUT2D eigenvalue weighted by Gasteiger charge is 2.37. The maximum atomic E-state index is 14.1. The first-order valence-corrected chi connectivity index (χ1v) is 7.97. The number of carbonyl (C=O) groups is 1. The van der Waals surface area contributed by atoms with Crippen molar-refractivity contribution in [2.75, 3.05) is 39.3 Å². The van der Waals surface area contributed by atoms with Crippen molar-refractivity contribution in [3.8, 4) is 0 Å². The van der Waals surface area contributed by atoms with Gasteiger partial charge in [0.2, 0.25) is 0 Å². The highest BCUT2D eigenvalue weighted by Crippen LogP contribution is 2.32. The van der Waals surface area contributed by atoms with Gasteiger partial charge in [0, 0.05) is 38.8 Å². The van der Waals surface area contributed by atoms with Crippen LogP contribution in [0, 0.1) is 5.82 Å². The number of nitrogens with zero attached hydrogens (tertiary/aromatic N) is 2. The monoisotopic (exact) mass is 381 g/mol. The van der Waals surface area contributed by atoms with E-state index in [1.807, 2.05) is 0 Å². The third-order valence-electron chi connectivity index (χ3n) is 4.69. The van der Waals surface area contributed by atoms with Crippen LogP contribution in [0.3, 0.4) is 0 Å². The normalized spacial score (nSPS) is 21.9. The van der Waals surface area contributed by atoms with Gasteiger partial charge in [0.15, 0.2) is 0 Å². The average Bonchev–Trinajstić information content (AvgIpc) is 3.08. The highest BCUT2D eigenvalue weighted by molar-refractivity contribution is 5.94. The molecule has 2 heterocycles. The van der Waals surface area contributed by atoms with Gasteiger partial charge in [-0.25, -0.2) is 4.39 Å². The molecule has 1 aromatic rings. The maximum absolute atomic E-state index is 14.1. The highest BCUT2D eigenvalue weighted by atomic mass is 35.5. The summed E-state index contributed by atoms with van der Waals surface area (Å²) in [7, 11) is 0. The number of nitrogens with one attached hydrogen (secondary N) is 1. The first-order valence-electron chi connectivity index (χ1n) is 7.97. The van der Waals surface area contributed by atoms with Gasteiger partial charge in [0.1, 0.15) is 5.82 Å². The van der Waals surface area contributed by atoms with Gasteiger partial charge < -0.3 is 10.2 Å². The van der Waals surface area contributed by atoms with Crippen LogP contribution in [0.5, 0.6) is 0 Å². The van der Waals surface area contributed by atoms with Crippen LogP contribution in [0.2, 0.25) is 0 Å².